The van der Waals surface area contributed by atoms with Crippen molar-refractivity contribution in [3.05, 3.63) is 58.6 Å². The van der Waals surface area contributed by atoms with Gasteiger partial charge in [-0.05, 0) is 50.2 Å². The second-order valence-corrected chi connectivity index (χ2v) is 7.12. The Morgan fingerprint density at radius 3 is 2.00 bits per heavy atom. The zero-order valence-corrected chi connectivity index (χ0v) is 18.6. The number of anilines is 1. The lowest BCUT2D eigenvalue weighted by Gasteiger charge is -2.25. The summed E-state index contributed by atoms with van der Waals surface area (Å²) in [6.07, 6.45) is 0. The van der Waals surface area contributed by atoms with E-state index in [1.807, 2.05) is 0 Å². The minimum absolute atomic E-state index is 0.0705. The monoisotopic (exact) mass is 477 g/mol. The number of ketones is 1. The van der Waals surface area contributed by atoms with Gasteiger partial charge in [0, 0.05) is 15.7 Å². The van der Waals surface area contributed by atoms with E-state index < -0.39 is 29.7 Å². The number of hydrogen-bond acceptors (Lipinski definition) is 7. The van der Waals surface area contributed by atoms with Crippen molar-refractivity contribution in [2.45, 2.75) is 19.9 Å². The summed E-state index contributed by atoms with van der Waals surface area (Å²) >= 11 is 3.31. The first-order valence-corrected chi connectivity index (χ1v) is 10.2. The molecule has 7 nitrogen and oxygen atoms in total. The van der Waals surface area contributed by atoms with Crippen LogP contribution in [0.5, 0.6) is 5.75 Å². The summed E-state index contributed by atoms with van der Waals surface area (Å²) in [7, 11) is 1.54. The van der Waals surface area contributed by atoms with Gasteiger partial charge in [0.1, 0.15) is 11.8 Å². The molecule has 0 aromatic heterocycles. The summed E-state index contributed by atoms with van der Waals surface area (Å²) in [6, 6.07) is 12.0. The van der Waals surface area contributed by atoms with E-state index in [0.717, 1.165) is 4.47 Å². The lowest BCUT2D eigenvalue weighted by Crippen LogP contribution is -2.46. The van der Waals surface area contributed by atoms with Gasteiger partial charge in [-0.3, -0.25) is 9.59 Å². The zero-order valence-electron chi connectivity index (χ0n) is 17.0. The summed E-state index contributed by atoms with van der Waals surface area (Å²) in [6.45, 7) is 3.45. The van der Waals surface area contributed by atoms with Gasteiger partial charge < -0.3 is 19.5 Å². The Morgan fingerprint density at radius 2 is 1.47 bits per heavy atom. The molecule has 0 saturated carbocycles. The number of carbonyl (C=O) groups is 3. The van der Waals surface area contributed by atoms with E-state index in [4.69, 9.17) is 14.2 Å². The summed E-state index contributed by atoms with van der Waals surface area (Å²) in [5.74, 6) is -2.87. The van der Waals surface area contributed by atoms with Crippen LogP contribution in [-0.4, -0.2) is 44.1 Å². The fourth-order valence-corrected chi connectivity index (χ4v) is 3.06. The van der Waals surface area contributed by atoms with Gasteiger partial charge in [-0.25, -0.2) is 4.79 Å². The average molecular weight is 478 g/mol. The van der Waals surface area contributed by atoms with E-state index >= 15 is 0 Å². The molecule has 160 valence electrons. The van der Waals surface area contributed by atoms with Crippen molar-refractivity contribution in [2.24, 2.45) is 5.92 Å². The van der Waals surface area contributed by atoms with Crippen LogP contribution < -0.4 is 10.1 Å². The number of benzene rings is 2. The largest absolute Gasteiger partial charge is 0.497 e. The highest BCUT2D eigenvalue weighted by atomic mass is 79.9. The first-order chi connectivity index (χ1) is 14.4. The Balaban J connectivity index is 2.44. The van der Waals surface area contributed by atoms with Gasteiger partial charge in [-0.2, -0.15) is 0 Å². The zero-order chi connectivity index (χ0) is 22.1. The number of ether oxygens (including phenoxy) is 3. The number of Topliss-reactive ketones (excluding diaryl/α,β-unsaturated/α-hetero) is 1. The molecule has 8 heteroatoms. The Hall–Kier alpha value is -2.87. The fourth-order valence-electron chi connectivity index (χ4n) is 2.80. The summed E-state index contributed by atoms with van der Waals surface area (Å²) in [5.41, 5.74) is 0.800. The maximum atomic E-state index is 13.2. The maximum Gasteiger partial charge on any atom is 0.329 e. The fraction of sp³-hybridized carbons (Fsp3) is 0.318. The van der Waals surface area contributed by atoms with E-state index in [9.17, 15) is 14.4 Å². The van der Waals surface area contributed by atoms with E-state index in [2.05, 4.69) is 21.2 Å². The van der Waals surface area contributed by atoms with Gasteiger partial charge in [0.15, 0.2) is 11.7 Å². The topological polar surface area (TPSA) is 90.9 Å². The van der Waals surface area contributed by atoms with Crippen molar-refractivity contribution in [1.29, 1.82) is 0 Å². The molecule has 2 atom stereocenters. The molecule has 2 aromatic carbocycles. The van der Waals surface area contributed by atoms with Gasteiger partial charge in [-0.15, -0.1) is 0 Å². The van der Waals surface area contributed by atoms with E-state index in [0.29, 0.717) is 11.4 Å². The molecule has 0 spiro atoms. The van der Waals surface area contributed by atoms with E-state index in [1.54, 1.807) is 62.4 Å². The van der Waals surface area contributed by atoms with Crippen molar-refractivity contribution < 1.29 is 28.6 Å². The minimum Gasteiger partial charge on any atom is -0.497 e. The second-order valence-electron chi connectivity index (χ2n) is 6.20. The standard InChI is InChI=1S/C22H24BrNO6/c1-4-29-21(26)18(20(25)14-6-8-15(23)9-7-14)19(22(27)30-5-2)24-16-10-12-17(28-3)13-11-16/h6-13,18-19,24H,4-5H2,1-3H3. The van der Waals surface area contributed by atoms with Crippen LogP contribution in [0.3, 0.4) is 0 Å². The Kier molecular flexibility index (Phi) is 8.86. The third kappa shape index (κ3) is 6.06. The van der Waals surface area contributed by atoms with Gasteiger partial charge >= 0.3 is 11.9 Å². The van der Waals surface area contributed by atoms with Crippen LogP contribution in [0.4, 0.5) is 5.69 Å². The molecule has 1 N–H and O–H groups in total. The molecule has 0 fully saturated rings. The van der Waals surface area contributed by atoms with Crippen molar-refractivity contribution >= 4 is 39.3 Å². The molecule has 0 saturated heterocycles. The average Bonchev–Trinajstić information content (AvgIpc) is 2.74. The third-order valence-electron chi connectivity index (χ3n) is 4.24. The Labute approximate surface area is 183 Å². The van der Waals surface area contributed by atoms with Crippen LogP contribution in [0, 0.1) is 5.92 Å². The highest BCUT2D eigenvalue weighted by Gasteiger charge is 2.42. The van der Waals surface area contributed by atoms with Crippen molar-refractivity contribution in [3.8, 4) is 5.75 Å². The maximum absolute atomic E-state index is 13.2. The number of methoxy groups -OCH3 is 1. The molecule has 2 unspecified atom stereocenters. The van der Waals surface area contributed by atoms with Crippen molar-refractivity contribution in [2.75, 3.05) is 25.6 Å². The number of carbonyl (C=O) groups excluding carboxylic acids is 3. The molecule has 0 aliphatic carbocycles. The van der Waals surface area contributed by atoms with Gasteiger partial charge in [0.2, 0.25) is 0 Å². The number of esters is 2. The molecular weight excluding hydrogens is 454 g/mol. The summed E-state index contributed by atoms with van der Waals surface area (Å²) in [5, 5.41) is 2.96. The van der Waals surface area contributed by atoms with Crippen molar-refractivity contribution in [3.63, 3.8) is 0 Å². The first-order valence-electron chi connectivity index (χ1n) is 9.44. The minimum atomic E-state index is -1.42. The number of rotatable bonds is 10. The van der Waals surface area contributed by atoms with Crippen LogP contribution in [0.2, 0.25) is 0 Å². The number of halogens is 1. The normalized spacial score (nSPS) is 12.4. The number of nitrogens with one attached hydrogen (secondary N) is 1. The molecule has 0 aliphatic rings. The predicted octanol–water partition coefficient (Wildman–Crippen LogP) is 3.86. The molecule has 2 rings (SSSR count). The Morgan fingerprint density at radius 1 is 0.900 bits per heavy atom. The van der Waals surface area contributed by atoms with E-state index in [-0.39, 0.29) is 18.8 Å². The van der Waals surface area contributed by atoms with Crippen molar-refractivity contribution in [1.82, 2.24) is 0 Å². The molecule has 0 amide bonds. The molecule has 0 radical (unpaired) electrons. The lowest BCUT2D eigenvalue weighted by molar-refractivity contribution is -0.153. The van der Waals surface area contributed by atoms with E-state index in [1.165, 1.54) is 7.11 Å². The molecule has 0 heterocycles. The SMILES string of the molecule is CCOC(=O)C(Nc1ccc(OC)cc1)C(C(=O)OCC)C(=O)c1ccc(Br)cc1. The van der Waals surface area contributed by atoms with Gasteiger partial charge in [-0.1, -0.05) is 28.1 Å². The smallest absolute Gasteiger partial charge is 0.329 e. The van der Waals surface area contributed by atoms with Crippen LogP contribution in [-0.2, 0) is 19.1 Å². The quantitative estimate of drug-likeness (QED) is 0.315. The van der Waals surface area contributed by atoms with Gasteiger partial charge in [0.05, 0.1) is 20.3 Å². The lowest BCUT2D eigenvalue weighted by atomic mass is 9.90. The Bertz CT molecular complexity index is 866. The molecule has 30 heavy (non-hydrogen) atoms. The van der Waals surface area contributed by atoms with Gasteiger partial charge in [0.25, 0.3) is 0 Å². The van der Waals surface area contributed by atoms with Crippen LogP contribution in [0.15, 0.2) is 53.0 Å². The van der Waals surface area contributed by atoms with Crippen LogP contribution >= 0.6 is 15.9 Å². The molecular formula is C22H24BrNO6. The highest BCUT2D eigenvalue weighted by Crippen LogP contribution is 2.23. The predicted molar refractivity (Wildman–Crippen MR) is 116 cm³/mol. The molecule has 0 aliphatic heterocycles. The highest BCUT2D eigenvalue weighted by molar-refractivity contribution is 9.10. The number of hydrogen-bond donors (Lipinski definition) is 1. The second kappa shape index (κ2) is 11.3. The third-order valence-corrected chi connectivity index (χ3v) is 4.77. The van der Waals surface area contributed by atoms with Crippen LogP contribution in [0.1, 0.15) is 24.2 Å². The summed E-state index contributed by atoms with van der Waals surface area (Å²) < 4.78 is 16.2. The molecule has 0 bridgehead atoms. The first kappa shape index (κ1) is 23.4. The summed E-state index contributed by atoms with van der Waals surface area (Å²) in [4.78, 5) is 38.7. The van der Waals surface area contributed by atoms with Crippen LogP contribution in [0.25, 0.3) is 0 Å². The molecule has 2 aromatic rings.